The molecule has 1 N–H and O–H groups in total. The number of carbonyl (C=O) groups excluding carboxylic acids is 1. The number of nitrogens with one attached hydrogen (secondary N) is 1. The van der Waals surface area contributed by atoms with Gasteiger partial charge in [0.25, 0.3) is 5.91 Å². The topological polar surface area (TPSA) is 45.2 Å². The molecule has 1 aromatic heterocycles. The number of pyridine rings is 1. The van der Waals surface area contributed by atoms with Gasteiger partial charge in [0.15, 0.2) is 0 Å². The number of carbonyl (C=O) groups is 1. The largest absolute Gasteiger partial charge is 0.348 e. The van der Waals surface area contributed by atoms with Gasteiger partial charge in [0.05, 0.1) is 0 Å². The minimum atomic E-state index is -0.0520. The van der Waals surface area contributed by atoms with Gasteiger partial charge in [-0.1, -0.05) is 37.1 Å². The van der Waals surface area contributed by atoms with E-state index in [4.69, 9.17) is 0 Å². The quantitative estimate of drug-likeness (QED) is 0.934. The van der Waals surface area contributed by atoms with Crippen molar-refractivity contribution < 1.29 is 4.79 Å². The first kappa shape index (κ1) is 15.2. The van der Waals surface area contributed by atoms with E-state index in [1.54, 1.807) is 6.07 Å². The fourth-order valence-corrected chi connectivity index (χ4v) is 3.93. The summed E-state index contributed by atoms with van der Waals surface area (Å²) in [6.45, 7) is 2.20. The normalized spacial score (nSPS) is 20.2. The van der Waals surface area contributed by atoms with Gasteiger partial charge in [0.1, 0.15) is 11.5 Å². The Balaban J connectivity index is 1.59. The van der Waals surface area contributed by atoms with E-state index in [2.05, 4.69) is 46.4 Å². The van der Waals surface area contributed by atoms with Crippen molar-refractivity contribution in [3.8, 4) is 0 Å². The lowest BCUT2D eigenvalue weighted by Gasteiger charge is -2.24. The van der Waals surface area contributed by atoms with E-state index >= 15 is 0 Å². The van der Waals surface area contributed by atoms with Gasteiger partial charge >= 0.3 is 0 Å². The molecule has 1 aromatic carbocycles. The van der Waals surface area contributed by atoms with Gasteiger partial charge in [-0.2, -0.15) is 0 Å². The van der Waals surface area contributed by atoms with E-state index in [1.807, 2.05) is 12.1 Å². The summed E-state index contributed by atoms with van der Waals surface area (Å²) in [4.78, 5) is 19.4. The Morgan fingerprint density at radius 3 is 2.75 bits per heavy atom. The van der Waals surface area contributed by atoms with Crippen molar-refractivity contribution in [3.05, 3.63) is 53.7 Å². The summed E-state index contributed by atoms with van der Waals surface area (Å²) in [7, 11) is 0. The SMILES string of the molecule is CC1Cc2ccccc2N1c1cccc(C(=O)NC2CCCC2)n1. The molecular weight excluding hydrogens is 298 g/mol. The first-order valence-electron chi connectivity index (χ1n) is 8.87. The number of nitrogens with zero attached hydrogens (tertiary/aromatic N) is 2. The van der Waals surface area contributed by atoms with Crippen LogP contribution in [0.1, 0.15) is 48.7 Å². The van der Waals surface area contributed by atoms with Crippen LogP contribution in [0.2, 0.25) is 0 Å². The molecule has 4 nitrogen and oxygen atoms in total. The zero-order valence-corrected chi connectivity index (χ0v) is 14.0. The van der Waals surface area contributed by atoms with Crippen LogP contribution in [0.3, 0.4) is 0 Å². The van der Waals surface area contributed by atoms with E-state index in [0.717, 1.165) is 25.1 Å². The number of hydrogen-bond donors (Lipinski definition) is 1. The minimum Gasteiger partial charge on any atom is -0.348 e. The zero-order chi connectivity index (χ0) is 16.5. The lowest BCUT2D eigenvalue weighted by molar-refractivity contribution is 0.0933. The molecule has 2 aromatic rings. The molecule has 0 saturated heterocycles. The smallest absolute Gasteiger partial charge is 0.270 e. The van der Waals surface area contributed by atoms with Crippen molar-refractivity contribution in [2.24, 2.45) is 0 Å². The second-order valence-electron chi connectivity index (χ2n) is 6.89. The van der Waals surface area contributed by atoms with Crippen LogP contribution >= 0.6 is 0 Å². The summed E-state index contributed by atoms with van der Waals surface area (Å²) in [5, 5.41) is 3.12. The Morgan fingerprint density at radius 1 is 1.12 bits per heavy atom. The number of para-hydroxylation sites is 1. The highest BCUT2D eigenvalue weighted by Gasteiger charge is 2.28. The van der Waals surface area contributed by atoms with Crippen LogP contribution in [0, 0.1) is 0 Å². The molecule has 0 radical (unpaired) electrons. The summed E-state index contributed by atoms with van der Waals surface area (Å²) in [6, 6.07) is 14.8. The molecule has 1 amide bonds. The molecule has 1 aliphatic carbocycles. The molecule has 2 heterocycles. The first-order chi connectivity index (χ1) is 11.7. The van der Waals surface area contributed by atoms with Gasteiger partial charge in [-0.05, 0) is 49.9 Å². The van der Waals surface area contributed by atoms with Crippen LogP contribution in [-0.2, 0) is 6.42 Å². The number of aromatic nitrogens is 1. The number of hydrogen-bond acceptors (Lipinski definition) is 3. The summed E-state index contributed by atoms with van der Waals surface area (Å²) in [5.41, 5.74) is 3.05. The van der Waals surface area contributed by atoms with Crippen molar-refractivity contribution in [2.45, 2.75) is 51.1 Å². The number of rotatable bonds is 3. The summed E-state index contributed by atoms with van der Waals surface area (Å²) >= 11 is 0. The number of benzene rings is 1. The molecule has 4 heteroatoms. The summed E-state index contributed by atoms with van der Waals surface area (Å²) < 4.78 is 0. The highest BCUT2D eigenvalue weighted by atomic mass is 16.1. The average molecular weight is 321 g/mol. The van der Waals surface area contributed by atoms with Crippen molar-refractivity contribution in [2.75, 3.05) is 4.90 Å². The fourth-order valence-electron chi connectivity index (χ4n) is 3.93. The lowest BCUT2D eigenvalue weighted by Crippen LogP contribution is -2.33. The van der Waals surface area contributed by atoms with Gasteiger partial charge in [-0.15, -0.1) is 0 Å². The lowest BCUT2D eigenvalue weighted by atomic mass is 10.1. The third-order valence-electron chi connectivity index (χ3n) is 5.11. The second-order valence-corrected chi connectivity index (χ2v) is 6.89. The number of fused-ring (bicyclic) bond motifs is 1. The van der Waals surface area contributed by atoms with Crippen LogP contribution < -0.4 is 10.2 Å². The standard InChI is InChI=1S/C20H23N3O/c1-14-13-15-7-2-5-11-18(15)23(14)19-12-6-10-17(22-19)20(24)21-16-8-3-4-9-16/h2,5-7,10-12,14,16H,3-4,8-9,13H2,1H3,(H,21,24). The minimum absolute atomic E-state index is 0.0520. The third kappa shape index (κ3) is 2.77. The highest BCUT2D eigenvalue weighted by molar-refractivity contribution is 5.93. The van der Waals surface area contributed by atoms with Crippen LogP contribution in [0.5, 0.6) is 0 Å². The van der Waals surface area contributed by atoms with E-state index in [1.165, 1.54) is 24.1 Å². The van der Waals surface area contributed by atoms with Crippen LogP contribution in [-0.4, -0.2) is 23.0 Å². The Labute approximate surface area is 142 Å². The van der Waals surface area contributed by atoms with Gasteiger partial charge in [-0.3, -0.25) is 4.79 Å². The maximum absolute atomic E-state index is 12.5. The molecule has 0 bridgehead atoms. The van der Waals surface area contributed by atoms with Gasteiger partial charge < -0.3 is 10.2 Å². The maximum Gasteiger partial charge on any atom is 0.270 e. The number of amides is 1. The van der Waals surface area contributed by atoms with Crippen molar-refractivity contribution in [1.82, 2.24) is 10.3 Å². The molecule has 1 atom stereocenters. The number of anilines is 2. The molecule has 1 unspecified atom stereocenters. The van der Waals surface area contributed by atoms with Gasteiger partial charge in [-0.25, -0.2) is 4.98 Å². The highest BCUT2D eigenvalue weighted by Crippen LogP contribution is 2.37. The molecule has 0 spiro atoms. The molecule has 24 heavy (non-hydrogen) atoms. The molecule has 4 rings (SSSR count). The summed E-state index contributed by atoms with van der Waals surface area (Å²) in [5.74, 6) is 0.801. The fraction of sp³-hybridized carbons (Fsp3) is 0.400. The van der Waals surface area contributed by atoms with E-state index in [9.17, 15) is 4.79 Å². The molecular formula is C20H23N3O. The van der Waals surface area contributed by atoms with E-state index in [-0.39, 0.29) is 5.91 Å². The third-order valence-corrected chi connectivity index (χ3v) is 5.11. The molecule has 2 aliphatic rings. The van der Waals surface area contributed by atoms with Crippen molar-refractivity contribution >= 4 is 17.4 Å². The van der Waals surface area contributed by atoms with Crippen molar-refractivity contribution in [1.29, 1.82) is 0 Å². The predicted octanol–water partition coefficient (Wildman–Crippen LogP) is 3.84. The molecule has 1 fully saturated rings. The Hall–Kier alpha value is -2.36. The first-order valence-corrected chi connectivity index (χ1v) is 8.87. The van der Waals surface area contributed by atoms with Crippen molar-refractivity contribution in [3.63, 3.8) is 0 Å². The summed E-state index contributed by atoms with van der Waals surface area (Å²) in [6.07, 6.45) is 5.60. The van der Waals surface area contributed by atoms with Crippen LogP contribution in [0.15, 0.2) is 42.5 Å². The van der Waals surface area contributed by atoms with Gasteiger partial charge in [0.2, 0.25) is 0 Å². The zero-order valence-electron chi connectivity index (χ0n) is 14.0. The Kier molecular flexibility index (Phi) is 3.97. The average Bonchev–Trinajstić information content (AvgIpc) is 3.21. The second kappa shape index (κ2) is 6.27. The van der Waals surface area contributed by atoms with Gasteiger partial charge in [0, 0.05) is 17.8 Å². The van der Waals surface area contributed by atoms with Crippen LogP contribution in [0.4, 0.5) is 11.5 Å². The molecule has 1 saturated carbocycles. The monoisotopic (exact) mass is 321 g/mol. The maximum atomic E-state index is 12.5. The molecule has 1 aliphatic heterocycles. The predicted molar refractivity (Wildman–Crippen MR) is 95.7 cm³/mol. The van der Waals surface area contributed by atoms with Crippen LogP contribution in [0.25, 0.3) is 0 Å². The Bertz CT molecular complexity index is 752. The Morgan fingerprint density at radius 2 is 1.92 bits per heavy atom. The molecule has 124 valence electrons. The van der Waals surface area contributed by atoms with E-state index < -0.39 is 0 Å². The van der Waals surface area contributed by atoms with E-state index in [0.29, 0.717) is 17.8 Å².